The highest BCUT2D eigenvalue weighted by atomic mass is 35.5. The summed E-state index contributed by atoms with van der Waals surface area (Å²) in [6, 6.07) is 9.05. The molecule has 0 aromatic heterocycles. The molecule has 0 saturated carbocycles. The molecular weight excluding hydrogens is 204 g/mol. The molecular formula is C9H11ClN2O2. The zero-order valence-corrected chi connectivity index (χ0v) is 8.40. The van der Waals surface area contributed by atoms with Gasteiger partial charge in [0, 0.05) is 0 Å². The van der Waals surface area contributed by atoms with Crippen molar-refractivity contribution in [2.45, 2.75) is 18.0 Å². The maximum atomic E-state index is 9.26. The van der Waals surface area contributed by atoms with Crippen LogP contribution in [0.2, 0.25) is 0 Å². The number of hydroxylamine groups is 3. The Balaban J connectivity index is 2.34. The summed E-state index contributed by atoms with van der Waals surface area (Å²) >= 11 is 6.30. The highest BCUT2D eigenvalue weighted by Gasteiger charge is 2.46. The maximum Gasteiger partial charge on any atom is 0.163 e. The first-order valence-electron chi connectivity index (χ1n) is 4.31. The average Bonchev–Trinajstić information content (AvgIpc) is 2.49. The summed E-state index contributed by atoms with van der Waals surface area (Å²) in [7, 11) is 0. The van der Waals surface area contributed by atoms with Crippen LogP contribution in [0, 0.1) is 0 Å². The van der Waals surface area contributed by atoms with Crippen LogP contribution in [-0.2, 0) is 9.94 Å². The van der Waals surface area contributed by atoms with Crippen LogP contribution in [0.1, 0.15) is 12.5 Å². The van der Waals surface area contributed by atoms with Gasteiger partial charge in [-0.1, -0.05) is 41.9 Å². The van der Waals surface area contributed by atoms with Crippen LogP contribution in [0.4, 0.5) is 0 Å². The molecule has 4 nitrogen and oxygen atoms in total. The van der Waals surface area contributed by atoms with E-state index in [0.29, 0.717) is 5.23 Å². The highest BCUT2D eigenvalue weighted by Crippen LogP contribution is 2.35. The lowest BCUT2D eigenvalue weighted by atomic mass is 10.0. The van der Waals surface area contributed by atoms with E-state index in [2.05, 4.69) is 5.48 Å². The molecule has 1 aliphatic heterocycles. The highest BCUT2D eigenvalue weighted by molar-refractivity contribution is 6.24. The molecule has 5 heteroatoms. The van der Waals surface area contributed by atoms with E-state index in [1.165, 1.54) is 0 Å². The van der Waals surface area contributed by atoms with Gasteiger partial charge in [0.25, 0.3) is 0 Å². The van der Waals surface area contributed by atoms with Gasteiger partial charge in [-0.25, -0.2) is 0 Å². The van der Waals surface area contributed by atoms with Crippen molar-refractivity contribution in [3.63, 3.8) is 0 Å². The van der Waals surface area contributed by atoms with Crippen molar-refractivity contribution >= 4 is 11.6 Å². The third-order valence-electron chi connectivity index (χ3n) is 2.39. The molecule has 2 unspecified atom stereocenters. The number of hydrogen-bond donors (Lipinski definition) is 2. The Morgan fingerprint density at radius 1 is 1.50 bits per heavy atom. The quantitative estimate of drug-likeness (QED) is 0.551. The molecule has 0 radical (unpaired) electrons. The van der Waals surface area contributed by atoms with Crippen molar-refractivity contribution in [2.24, 2.45) is 0 Å². The van der Waals surface area contributed by atoms with Crippen LogP contribution in [-0.4, -0.2) is 16.5 Å². The van der Waals surface area contributed by atoms with Crippen molar-refractivity contribution in [2.75, 3.05) is 0 Å². The molecule has 1 heterocycles. The molecule has 1 saturated heterocycles. The summed E-state index contributed by atoms with van der Waals surface area (Å²) in [4.78, 5) is 3.84. The normalized spacial score (nSPS) is 33.5. The van der Waals surface area contributed by atoms with Crippen LogP contribution in [0.5, 0.6) is 0 Å². The van der Waals surface area contributed by atoms with Gasteiger partial charge in [0.05, 0.1) is 0 Å². The predicted octanol–water partition coefficient (Wildman–Crippen LogP) is 1.61. The number of halogens is 1. The maximum absolute atomic E-state index is 9.26. The molecule has 76 valence electrons. The smallest absolute Gasteiger partial charge is 0.163 e. The minimum atomic E-state index is -0.907. The summed E-state index contributed by atoms with van der Waals surface area (Å²) in [6.45, 7) is 1.76. The van der Waals surface area contributed by atoms with Crippen molar-refractivity contribution < 1.29 is 10.1 Å². The molecule has 2 N–H and O–H groups in total. The largest absolute Gasteiger partial charge is 0.288 e. The molecule has 0 bridgehead atoms. The minimum absolute atomic E-state index is 0.369. The van der Waals surface area contributed by atoms with Crippen LogP contribution < -0.4 is 5.48 Å². The summed E-state index contributed by atoms with van der Waals surface area (Å²) in [5.41, 5.74) is 3.44. The first-order valence-corrected chi connectivity index (χ1v) is 4.69. The van der Waals surface area contributed by atoms with Gasteiger partial charge in [-0.2, -0.15) is 10.4 Å². The van der Waals surface area contributed by atoms with Crippen molar-refractivity contribution in [3.8, 4) is 0 Å². The molecule has 0 amide bonds. The number of nitrogens with zero attached hydrogens (tertiary/aromatic N) is 1. The second-order valence-electron chi connectivity index (χ2n) is 3.25. The Hall–Kier alpha value is -0.650. The standard InChI is InChI=1S/C9H11ClN2O2/c1-7-9(10,11-14-12(7)13)8-5-3-2-4-6-8/h2-7,11,13H,1H3. The molecule has 1 aliphatic rings. The Labute approximate surface area is 86.9 Å². The molecule has 14 heavy (non-hydrogen) atoms. The molecule has 1 fully saturated rings. The molecule has 0 spiro atoms. The molecule has 1 aromatic carbocycles. The van der Waals surface area contributed by atoms with Crippen LogP contribution in [0.3, 0.4) is 0 Å². The lowest BCUT2D eigenvalue weighted by Crippen LogP contribution is -2.39. The van der Waals surface area contributed by atoms with E-state index in [-0.39, 0.29) is 6.04 Å². The van der Waals surface area contributed by atoms with Gasteiger partial charge >= 0.3 is 0 Å². The van der Waals surface area contributed by atoms with E-state index in [1.54, 1.807) is 6.92 Å². The van der Waals surface area contributed by atoms with Gasteiger partial charge in [-0.15, -0.1) is 0 Å². The molecule has 2 rings (SSSR count). The van der Waals surface area contributed by atoms with Crippen molar-refractivity contribution in [3.05, 3.63) is 35.9 Å². The van der Waals surface area contributed by atoms with Crippen molar-refractivity contribution in [1.29, 1.82) is 0 Å². The van der Waals surface area contributed by atoms with E-state index in [0.717, 1.165) is 5.56 Å². The fourth-order valence-electron chi connectivity index (χ4n) is 1.41. The number of rotatable bonds is 1. The van der Waals surface area contributed by atoms with Gasteiger partial charge in [-0.3, -0.25) is 5.21 Å². The van der Waals surface area contributed by atoms with Gasteiger partial charge in [0.2, 0.25) is 0 Å². The van der Waals surface area contributed by atoms with Crippen LogP contribution in [0.25, 0.3) is 0 Å². The van der Waals surface area contributed by atoms with Crippen molar-refractivity contribution in [1.82, 2.24) is 10.7 Å². The van der Waals surface area contributed by atoms with E-state index >= 15 is 0 Å². The second-order valence-corrected chi connectivity index (χ2v) is 3.85. The SMILES string of the molecule is CC1N(O)ONC1(Cl)c1ccccc1. The van der Waals surface area contributed by atoms with E-state index < -0.39 is 5.00 Å². The third kappa shape index (κ3) is 1.41. The first-order chi connectivity index (χ1) is 6.64. The lowest BCUT2D eigenvalue weighted by Gasteiger charge is -2.24. The topological polar surface area (TPSA) is 44.7 Å². The van der Waals surface area contributed by atoms with E-state index in [4.69, 9.17) is 16.5 Å². The lowest BCUT2D eigenvalue weighted by molar-refractivity contribution is -0.346. The summed E-state index contributed by atoms with van der Waals surface area (Å²) in [5.74, 6) is 0. The minimum Gasteiger partial charge on any atom is -0.288 e. The molecule has 2 atom stereocenters. The van der Waals surface area contributed by atoms with Crippen LogP contribution in [0.15, 0.2) is 30.3 Å². The second kappa shape index (κ2) is 3.49. The zero-order chi connectivity index (χ0) is 10.2. The Bertz CT molecular complexity index is 322. The number of hydrogen-bond acceptors (Lipinski definition) is 4. The predicted molar refractivity (Wildman–Crippen MR) is 51.3 cm³/mol. The summed E-state index contributed by atoms with van der Waals surface area (Å²) in [5, 5.41) is 9.97. The van der Waals surface area contributed by atoms with E-state index in [9.17, 15) is 5.21 Å². The van der Waals surface area contributed by atoms with Crippen LogP contribution >= 0.6 is 11.6 Å². The average molecular weight is 215 g/mol. The summed E-state index contributed by atoms with van der Waals surface area (Å²) in [6.07, 6.45) is 0. The first kappa shape index (κ1) is 9.89. The molecule has 1 aromatic rings. The zero-order valence-electron chi connectivity index (χ0n) is 7.64. The monoisotopic (exact) mass is 214 g/mol. The number of nitrogens with one attached hydrogen (secondary N) is 1. The number of benzene rings is 1. The third-order valence-corrected chi connectivity index (χ3v) is 3.00. The Morgan fingerprint density at radius 3 is 2.64 bits per heavy atom. The molecule has 0 aliphatic carbocycles. The fourth-order valence-corrected chi connectivity index (χ4v) is 1.65. The van der Waals surface area contributed by atoms with Gasteiger partial charge in [-0.05, 0) is 17.7 Å². The Morgan fingerprint density at radius 2 is 2.14 bits per heavy atom. The van der Waals surface area contributed by atoms with Gasteiger partial charge in [0.15, 0.2) is 5.00 Å². The Kier molecular flexibility index (Phi) is 2.47. The number of alkyl halides is 1. The van der Waals surface area contributed by atoms with Gasteiger partial charge < -0.3 is 0 Å². The summed E-state index contributed by atoms with van der Waals surface area (Å²) < 4.78 is 0. The van der Waals surface area contributed by atoms with Gasteiger partial charge in [0.1, 0.15) is 6.04 Å². The fraction of sp³-hybridized carbons (Fsp3) is 0.333. The van der Waals surface area contributed by atoms with E-state index in [1.807, 2.05) is 30.3 Å².